The molecule has 0 bridgehead atoms. The number of methoxy groups -OCH3 is 1. The van der Waals surface area contributed by atoms with Crippen LogP contribution in [0, 0.1) is 5.82 Å². The van der Waals surface area contributed by atoms with E-state index in [0.717, 1.165) is 12.3 Å². The van der Waals surface area contributed by atoms with Crippen LogP contribution in [-0.4, -0.2) is 18.1 Å². The van der Waals surface area contributed by atoms with Gasteiger partial charge in [0.2, 0.25) is 0 Å². The van der Waals surface area contributed by atoms with Crippen LogP contribution in [0.2, 0.25) is 5.02 Å². The standard InChI is InChI=1S/C7H5ClFNO2/c1-12-7(11)6-2-5(9)4(8)3-10-6/h2-3H,1H3. The van der Waals surface area contributed by atoms with Gasteiger partial charge in [-0.1, -0.05) is 11.6 Å². The van der Waals surface area contributed by atoms with Crippen molar-refractivity contribution >= 4 is 17.6 Å². The second kappa shape index (κ2) is 3.49. The number of aromatic nitrogens is 1. The molecule has 5 heteroatoms. The molecule has 0 spiro atoms. The molecule has 0 aliphatic rings. The number of halogens is 2. The Hall–Kier alpha value is -1.16. The molecule has 0 unspecified atom stereocenters. The maximum absolute atomic E-state index is 12.7. The Morgan fingerprint density at radius 3 is 2.92 bits per heavy atom. The molecule has 64 valence electrons. The molecule has 0 aliphatic heterocycles. The Bertz CT molecular complexity index is 316. The minimum Gasteiger partial charge on any atom is -0.464 e. The van der Waals surface area contributed by atoms with Crippen LogP contribution in [-0.2, 0) is 4.74 Å². The highest BCUT2D eigenvalue weighted by atomic mass is 35.5. The van der Waals surface area contributed by atoms with E-state index in [1.54, 1.807) is 0 Å². The third-order valence-electron chi connectivity index (χ3n) is 1.20. The molecule has 0 amide bonds. The molecular weight excluding hydrogens is 185 g/mol. The summed E-state index contributed by atoms with van der Waals surface area (Å²) in [7, 11) is 1.19. The number of carbonyl (C=O) groups excluding carboxylic acids is 1. The van der Waals surface area contributed by atoms with Crippen LogP contribution in [0.4, 0.5) is 4.39 Å². The maximum Gasteiger partial charge on any atom is 0.356 e. The highest BCUT2D eigenvalue weighted by molar-refractivity contribution is 6.30. The predicted octanol–water partition coefficient (Wildman–Crippen LogP) is 1.66. The number of hydrogen-bond donors (Lipinski definition) is 0. The molecule has 1 aromatic rings. The van der Waals surface area contributed by atoms with E-state index in [1.807, 2.05) is 0 Å². The van der Waals surface area contributed by atoms with Gasteiger partial charge in [-0.3, -0.25) is 0 Å². The first kappa shape index (κ1) is 8.93. The Labute approximate surface area is 73.1 Å². The van der Waals surface area contributed by atoms with Crippen molar-refractivity contribution in [3.05, 3.63) is 28.8 Å². The van der Waals surface area contributed by atoms with Gasteiger partial charge >= 0.3 is 5.97 Å². The van der Waals surface area contributed by atoms with Gasteiger partial charge in [-0.25, -0.2) is 14.2 Å². The number of ether oxygens (including phenoxy) is 1. The molecule has 0 fully saturated rings. The van der Waals surface area contributed by atoms with E-state index in [2.05, 4.69) is 9.72 Å². The van der Waals surface area contributed by atoms with Gasteiger partial charge in [-0.15, -0.1) is 0 Å². The Balaban J connectivity index is 3.05. The summed E-state index contributed by atoms with van der Waals surface area (Å²) < 4.78 is 17.0. The number of hydrogen-bond acceptors (Lipinski definition) is 3. The molecule has 1 heterocycles. The van der Waals surface area contributed by atoms with Crippen molar-refractivity contribution in [3.8, 4) is 0 Å². The topological polar surface area (TPSA) is 39.2 Å². The number of carbonyl (C=O) groups is 1. The van der Waals surface area contributed by atoms with Gasteiger partial charge in [0, 0.05) is 12.3 Å². The van der Waals surface area contributed by atoms with E-state index < -0.39 is 11.8 Å². The lowest BCUT2D eigenvalue weighted by Crippen LogP contribution is -2.04. The van der Waals surface area contributed by atoms with Crippen molar-refractivity contribution in [2.24, 2.45) is 0 Å². The van der Waals surface area contributed by atoms with Crippen molar-refractivity contribution in [3.63, 3.8) is 0 Å². The van der Waals surface area contributed by atoms with E-state index in [0.29, 0.717) is 0 Å². The lowest BCUT2D eigenvalue weighted by Gasteiger charge is -1.98. The lowest BCUT2D eigenvalue weighted by molar-refractivity contribution is 0.0593. The highest BCUT2D eigenvalue weighted by Gasteiger charge is 2.09. The van der Waals surface area contributed by atoms with Gasteiger partial charge in [0.1, 0.15) is 5.82 Å². The van der Waals surface area contributed by atoms with Crippen molar-refractivity contribution in [2.45, 2.75) is 0 Å². The predicted molar refractivity (Wildman–Crippen MR) is 40.5 cm³/mol. The van der Waals surface area contributed by atoms with Gasteiger partial charge in [0.05, 0.1) is 12.1 Å². The molecular formula is C7H5ClFNO2. The zero-order valence-corrected chi connectivity index (χ0v) is 6.93. The Morgan fingerprint density at radius 1 is 1.75 bits per heavy atom. The van der Waals surface area contributed by atoms with Gasteiger partial charge in [-0.05, 0) is 0 Å². The van der Waals surface area contributed by atoms with Gasteiger partial charge < -0.3 is 4.74 Å². The molecule has 1 rings (SSSR count). The van der Waals surface area contributed by atoms with Gasteiger partial charge in [0.15, 0.2) is 5.69 Å². The largest absolute Gasteiger partial charge is 0.464 e. The molecule has 0 saturated carbocycles. The third kappa shape index (κ3) is 1.71. The Morgan fingerprint density at radius 2 is 2.42 bits per heavy atom. The molecule has 1 aromatic heterocycles. The van der Waals surface area contributed by atoms with Crippen molar-refractivity contribution in [2.75, 3.05) is 7.11 Å². The fourth-order valence-corrected chi connectivity index (χ4v) is 0.734. The summed E-state index contributed by atoms with van der Waals surface area (Å²) in [4.78, 5) is 14.3. The molecule has 0 saturated heterocycles. The summed E-state index contributed by atoms with van der Waals surface area (Å²) >= 11 is 5.34. The van der Waals surface area contributed by atoms with Crippen LogP contribution >= 0.6 is 11.6 Å². The smallest absolute Gasteiger partial charge is 0.356 e. The zero-order valence-electron chi connectivity index (χ0n) is 6.17. The second-order valence-corrected chi connectivity index (χ2v) is 2.38. The van der Waals surface area contributed by atoms with Gasteiger partial charge in [-0.2, -0.15) is 0 Å². The summed E-state index contributed by atoms with van der Waals surface area (Å²) in [5, 5.41) is -0.123. The van der Waals surface area contributed by atoms with Gasteiger partial charge in [0.25, 0.3) is 0 Å². The molecule has 3 nitrogen and oxygen atoms in total. The molecule has 0 aromatic carbocycles. The van der Waals surface area contributed by atoms with E-state index in [-0.39, 0.29) is 10.7 Å². The average Bonchev–Trinajstić information content (AvgIpc) is 2.08. The van der Waals surface area contributed by atoms with E-state index in [9.17, 15) is 9.18 Å². The second-order valence-electron chi connectivity index (χ2n) is 1.98. The fraction of sp³-hybridized carbons (Fsp3) is 0.143. The molecule has 0 aliphatic carbocycles. The minimum atomic E-state index is -0.689. The summed E-state index contributed by atoms with van der Waals surface area (Å²) in [5.74, 6) is -1.38. The fourth-order valence-electron chi connectivity index (χ4n) is 0.630. The zero-order chi connectivity index (χ0) is 9.14. The first-order chi connectivity index (χ1) is 5.65. The first-order valence-corrected chi connectivity index (χ1v) is 3.42. The summed E-state index contributed by atoms with van der Waals surface area (Å²) in [5.41, 5.74) is -0.0978. The van der Waals surface area contributed by atoms with Crippen LogP contribution in [0.5, 0.6) is 0 Å². The summed E-state index contributed by atoms with van der Waals surface area (Å²) in [6.07, 6.45) is 1.06. The van der Waals surface area contributed by atoms with E-state index in [4.69, 9.17) is 11.6 Å². The average molecular weight is 190 g/mol. The van der Waals surface area contributed by atoms with Crippen LogP contribution in [0.1, 0.15) is 10.5 Å². The van der Waals surface area contributed by atoms with Crippen LogP contribution in [0.25, 0.3) is 0 Å². The van der Waals surface area contributed by atoms with Crippen molar-refractivity contribution < 1.29 is 13.9 Å². The van der Waals surface area contributed by atoms with E-state index in [1.165, 1.54) is 7.11 Å². The van der Waals surface area contributed by atoms with Crippen molar-refractivity contribution in [1.29, 1.82) is 0 Å². The third-order valence-corrected chi connectivity index (χ3v) is 1.48. The molecule has 0 radical (unpaired) electrons. The highest BCUT2D eigenvalue weighted by Crippen LogP contribution is 2.13. The molecule has 12 heavy (non-hydrogen) atoms. The molecule has 0 N–H and O–H groups in total. The monoisotopic (exact) mass is 189 g/mol. The summed E-state index contributed by atoms with van der Waals surface area (Å²) in [6, 6.07) is 0.925. The lowest BCUT2D eigenvalue weighted by atomic mass is 10.3. The van der Waals surface area contributed by atoms with Crippen LogP contribution in [0.15, 0.2) is 12.3 Å². The minimum absolute atomic E-state index is 0.0978. The normalized spacial score (nSPS) is 9.58. The molecule has 0 atom stereocenters. The van der Waals surface area contributed by atoms with Crippen LogP contribution in [0.3, 0.4) is 0 Å². The van der Waals surface area contributed by atoms with Crippen molar-refractivity contribution in [1.82, 2.24) is 4.98 Å². The Kier molecular flexibility index (Phi) is 2.60. The number of esters is 1. The SMILES string of the molecule is COC(=O)c1cc(F)c(Cl)cn1. The number of pyridine rings is 1. The number of rotatable bonds is 1. The number of nitrogens with zero attached hydrogens (tertiary/aromatic N) is 1. The van der Waals surface area contributed by atoms with E-state index >= 15 is 0 Å². The first-order valence-electron chi connectivity index (χ1n) is 3.04. The quantitative estimate of drug-likeness (QED) is 0.631. The summed E-state index contributed by atoms with van der Waals surface area (Å²) in [6.45, 7) is 0. The maximum atomic E-state index is 12.7. The van der Waals surface area contributed by atoms with Crippen LogP contribution < -0.4 is 0 Å².